The van der Waals surface area contributed by atoms with Crippen molar-refractivity contribution in [2.24, 2.45) is 0 Å². The van der Waals surface area contributed by atoms with Gasteiger partial charge in [0.15, 0.2) is 0 Å². The Morgan fingerprint density at radius 3 is 2.73 bits per heavy atom. The highest BCUT2D eigenvalue weighted by Crippen LogP contribution is 2.04. The van der Waals surface area contributed by atoms with Gasteiger partial charge in [0.25, 0.3) is 0 Å². The Hall–Kier alpha value is -0.770. The second-order valence-electron chi connectivity index (χ2n) is 2.65. The molecule has 0 aromatic heterocycles. The summed E-state index contributed by atoms with van der Waals surface area (Å²) < 4.78 is 0. The highest BCUT2D eigenvalue weighted by Gasteiger charge is 2.18. The molecule has 2 N–H and O–H groups in total. The second-order valence-corrected chi connectivity index (χ2v) is 2.65. The second kappa shape index (κ2) is 4.18. The van der Waals surface area contributed by atoms with Gasteiger partial charge in [-0.15, -0.1) is 0 Å². The van der Waals surface area contributed by atoms with Crippen molar-refractivity contribution in [3.05, 3.63) is 0 Å². The van der Waals surface area contributed by atoms with E-state index in [1.54, 1.807) is 4.90 Å². The van der Waals surface area contributed by atoms with Gasteiger partial charge in [0.05, 0.1) is 0 Å². The standard InChI is InChI=1S/C7H14N2O2/c10-6-1-3-8-7(11)9-4-2-5-9/h10H,1-6H2,(H,8,11). The highest BCUT2D eigenvalue weighted by molar-refractivity contribution is 5.74. The van der Waals surface area contributed by atoms with E-state index in [0.717, 1.165) is 19.5 Å². The molecule has 4 heteroatoms. The summed E-state index contributed by atoms with van der Waals surface area (Å²) in [6.45, 7) is 2.47. The minimum absolute atomic E-state index is 0.00435. The molecule has 0 atom stereocenters. The molecule has 0 radical (unpaired) electrons. The largest absolute Gasteiger partial charge is 0.396 e. The molecule has 0 aliphatic carbocycles. The number of nitrogens with one attached hydrogen (secondary N) is 1. The summed E-state index contributed by atoms with van der Waals surface area (Å²) in [6.07, 6.45) is 1.76. The number of rotatable bonds is 3. The van der Waals surface area contributed by atoms with E-state index in [2.05, 4.69) is 5.32 Å². The molecular formula is C7H14N2O2. The average molecular weight is 158 g/mol. The van der Waals surface area contributed by atoms with E-state index in [9.17, 15) is 4.79 Å². The third kappa shape index (κ3) is 2.38. The zero-order valence-electron chi connectivity index (χ0n) is 6.55. The van der Waals surface area contributed by atoms with Crippen LogP contribution in [0.25, 0.3) is 0 Å². The van der Waals surface area contributed by atoms with Crippen LogP contribution in [-0.4, -0.2) is 42.3 Å². The van der Waals surface area contributed by atoms with Gasteiger partial charge >= 0.3 is 6.03 Å². The van der Waals surface area contributed by atoms with Crippen molar-refractivity contribution in [2.45, 2.75) is 12.8 Å². The molecule has 1 saturated heterocycles. The molecule has 64 valence electrons. The zero-order valence-corrected chi connectivity index (χ0v) is 6.55. The van der Waals surface area contributed by atoms with E-state index in [0.29, 0.717) is 13.0 Å². The molecule has 4 nitrogen and oxygen atoms in total. The fourth-order valence-electron chi connectivity index (χ4n) is 0.905. The van der Waals surface area contributed by atoms with Gasteiger partial charge in [-0.05, 0) is 12.8 Å². The minimum Gasteiger partial charge on any atom is -0.396 e. The molecule has 1 heterocycles. The number of carbonyl (C=O) groups is 1. The van der Waals surface area contributed by atoms with Gasteiger partial charge < -0.3 is 15.3 Å². The van der Waals surface area contributed by atoms with Crippen LogP contribution in [0.1, 0.15) is 12.8 Å². The predicted molar refractivity (Wildman–Crippen MR) is 41.3 cm³/mol. The predicted octanol–water partition coefficient (Wildman–Crippen LogP) is -0.216. The first-order chi connectivity index (χ1) is 5.34. The number of urea groups is 1. The lowest BCUT2D eigenvalue weighted by Crippen LogP contribution is -2.48. The molecule has 0 saturated carbocycles. The molecule has 2 amide bonds. The SMILES string of the molecule is O=C(NCCCO)N1CCC1. The van der Waals surface area contributed by atoms with Crippen molar-refractivity contribution >= 4 is 6.03 Å². The van der Waals surface area contributed by atoms with E-state index in [-0.39, 0.29) is 12.6 Å². The van der Waals surface area contributed by atoms with Gasteiger partial charge in [0.2, 0.25) is 0 Å². The maximum Gasteiger partial charge on any atom is 0.317 e. The van der Waals surface area contributed by atoms with Crippen LogP contribution < -0.4 is 5.32 Å². The van der Waals surface area contributed by atoms with Gasteiger partial charge in [-0.2, -0.15) is 0 Å². The van der Waals surface area contributed by atoms with Crippen LogP contribution in [0.5, 0.6) is 0 Å². The number of hydrogen-bond acceptors (Lipinski definition) is 2. The Kier molecular flexibility index (Phi) is 3.16. The van der Waals surface area contributed by atoms with Crippen LogP contribution in [-0.2, 0) is 0 Å². The molecular weight excluding hydrogens is 144 g/mol. The number of aliphatic hydroxyl groups is 1. The molecule has 0 unspecified atom stereocenters. The van der Waals surface area contributed by atoms with E-state index in [4.69, 9.17) is 5.11 Å². The number of hydrogen-bond donors (Lipinski definition) is 2. The van der Waals surface area contributed by atoms with Crippen molar-refractivity contribution in [2.75, 3.05) is 26.2 Å². The molecule has 0 aromatic carbocycles. The summed E-state index contributed by atoms with van der Waals surface area (Å²) in [5.41, 5.74) is 0. The fraction of sp³-hybridized carbons (Fsp3) is 0.857. The Morgan fingerprint density at radius 1 is 1.55 bits per heavy atom. The van der Waals surface area contributed by atoms with Crippen LogP contribution in [0.4, 0.5) is 4.79 Å². The van der Waals surface area contributed by atoms with Crippen LogP contribution in [0.15, 0.2) is 0 Å². The maximum absolute atomic E-state index is 11.0. The third-order valence-corrected chi connectivity index (χ3v) is 1.75. The minimum atomic E-state index is 0.00435. The lowest BCUT2D eigenvalue weighted by atomic mass is 10.2. The van der Waals surface area contributed by atoms with Crippen molar-refractivity contribution < 1.29 is 9.90 Å². The summed E-state index contributed by atoms with van der Waals surface area (Å²) >= 11 is 0. The fourth-order valence-corrected chi connectivity index (χ4v) is 0.905. The molecule has 11 heavy (non-hydrogen) atoms. The normalized spacial score (nSPS) is 15.9. The number of nitrogens with zero attached hydrogens (tertiary/aromatic N) is 1. The first-order valence-corrected chi connectivity index (χ1v) is 3.98. The van der Waals surface area contributed by atoms with Crippen molar-refractivity contribution in [1.82, 2.24) is 10.2 Å². The van der Waals surface area contributed by atoms with Crippen LogP contribution in [0.2, 0.25) is 0 Å². The number of likely N-dealkylation sites (tertiary alicyclic amines) is 1. The van der Waals surface area contributed by atoms with E-state index in [1.165, 1.54) is 0 Å². The Morgan fingerprint density at radius 2 is 2.27 bits per heavy atom. The molecule has 1 aliphatic heterocycles. The first-order valence-electron chi connectivity index (χ1n) is 3.98. The summed E-state index contributed by atoms with van der Waals surface area (Å²) in [6, 6.07) is 0.00435. The topological polar surface area (TPSA) is 52.6 Å². The lowest BCUT2D eigenvalue weighted by Gasteiger charge is -2.30. The zero-order chi connectivity index (χ0) is 8.10. The summed E-state index contributed by atoms with van der Waals surface area (Å²) in [4.78, 5) is 12.8. The molecule has 1 aliphatic rings. The van der Waals surface area contributed by atoms with Crippen molar-refractivity contribution in [1.29, 1.82) is 0 Å². The highest BCUT2D eigenvalue weighted by atomic mass is 16.3. The average Bonchev–Trinajstić information content (AvgIpc) is 1.84. The number of amides is 2. The van der Waals surface area contributed by atoms with E-state index >= 15 is 0 Å². The van der Waals surface area contributed by atoms with Gasteiger partial charge in [-0.25, -0.2) is 4.79 Å². The van der Waals surface area contributed by atoms with Crippen LogP contribution in [0.3, 0.4) is 0 Å². The number of aliphatic hydroxyl groups excluding tert-OH is 1. The summed E-state index contributed by atoms with van der Waals surface area (Å²) in [5.74, 6) is 0. The molecule has 1 rings (SSSR count). The van der Waals surface area contributed by atoms with Gasteiger partial charge in [0, 0.05) is 26.2 Å². The molecule has 0 bridgehead atoms. The monoisotopic (exact) mass is 158 g/mol. The van der Waals surface area contributed by atoms with Crippen molar-refractivity contribution in [3.63, 3.8) is 0 Å². The van der Waals surface area contributed by atoms with Crippen molar-refractivity contribution in [3.8, 4) is 0 Å². The molecule has 0 spiro atoms. The van der Waals surface area contributed by atoms with Crippen LogP contribution >= 0.6 is 0 Å². The van der Waals surface area contributed by atoms with Gasteiger partial charge in [-0.3, -0.25) is 0 Å². The maximum atomic E-state index is 11.0. The third-order valence-electron chi connectivity index (χ3n) is 1.75. The quantitative estimate of drug-likeness (QED) is 0.558. The smallest absolute Gasteiger partial charge is 0.317 e. The van der Waals surface area contributed by atoms with Gasteiger partial charge in [0.1, 0.15) is 0 Å². The summed E-state index contributed by atoms with van der Waals surface area (Å²) in [5, 5.41) is 11.1. The Labute approximate surface area is 66.2 Å². The molecule has 1 fully saturated rings. The summed E-state index contributed by atoms with van der Waals surface area (Å²) in [7, 11) is 0. The molecule has 0 aromatic rings. The Bertz CT molecular complexity index is 134. The van der Waals surface area contributed by atoms with Crippen LogP contribution in [0, 0.1) is 0 Å². The lowest BCUT2D eigenvalue weighted by molar-refractivity contribution is 0.166. The number of carbonyl (C=O) groups excluding carboxylic acids is 1. The van der Waals surface area contributed by atoms with E-state index < -0.39 is 0 Å². The Balaban J connectivity index is 2.01. The van der Waals surface area contributed by atoms with Gasteiger partial charge in [-0.1, -0.05) is 0 Å². The first kappa shape index (κ1) is 8.33. The van der Waals surface area contributed by atoms with E-state index in [1.807, 2.05) is 0 Å².